The lowest BCUT2D eigenvalue weighted by Gasteiger charge is -2.15. The second-order valence-corrected chi connectivity index (χ2v) is 7.77. The summed E-state index contributed by atoms with van der Waals surface area (Å²) in [5.74, 6) is 1.48. The Morgan fingerprint density at radius 1 is 1.04 bits per heavy atom. The second-order valence-electron chi connectivity index (χ2n) is 6.09. The summed E-state index contributed by atoms with van der Waals surface area (Å²) in [4.78, 5) is 17.1. The van der Waals surface area contributed by atoms with Crippen LogP contribution in [0.3, 0.4) is 0 Å². The van der Waals surface area contributed by atoms with Crippen molar-refractivity contribution in [3.05, 3.63) is 83.1 Å². The molecule has 0 radical (unpaired) electrons. The largest absolute Gasteiger partial charge is 0.439 e. The van der Waals surface area contributed by atoms with E-state index in [1.165, 1.54) is 11.8 Å². The maximum Gasteiger partial charge on any atom is 0.266 e. The van der Waals surface area contributed by atoms with E-state index >= 15 is 0 Å². The number of para-hydroxylation sites is 2. The predicted octanol–water partition coefficient (Wildman–Crippen LogP) is 4.69. The maximum absolute atomic E-state index is 12.8. The first-order chi connectivity index (χ1) is 13.2. The predicted molar refractivity (Wildman–Crippen MR) is 113 cm³/mol. The lowest BCUT2D eigenvalue weighted by Crippen LogP contribution is -2.27. The molecule has 0 aromatic heterocycles. The number of thiocarbonyl (C=S) groups is 1. The molecule has 4 nitrogen and oxygen atoms in total. The summed E-state index contributed by atoms with van der Waals surface area (Å²) in [6.07, 6.45) is 3.65. The Labute approximate surface area is 168 Å². The number of anilines is 1. The highest BCUT2D eigenvalue weighted by Crippen LogP contribution is 2.39. The Balaban J connectivity index is 1.54. The molecule has 2 heterocycles. The molecule has 0 aliphatic carbocycles. The van der Waals surface area contributed by atoms with E-state index in [9.17, 15) is 4.79 Å². The fourth-order valence-corrected chi connectivity index (χ4v) is 4.26. The summed E-state index contributed by atoms with van der Waals surface area (Å²) < 4.78 is 6.51. The summed E-state index contributed by atoms with van der Waals surface area (Å²) in [6.45, 7) is 3.34. The van der Waals surface area contributed by atoms with E-state index in [-0.39, 0.29) is 5.91 Å². The van der Waals surface area contributed by atoms with Gasteiger partial charge in [0.15, 0.2) is 5.75 Å². The number of ether oxygens (including phenoxy) is 1. The van der Waals surface area contributed by atoms with Crippen LogP contribution < -0.4 is 9.64 Å². The first kappa shape index (κ1) is 17.8. The van der Waals surface area contributed by atoms with Gasteiger partial charge in [0.25, 0.3) is 5.91 Å². The lowest BCUT2D eigenvalue weighted by atomic mass is 10.2. The van der Waals surface area contributed by atoms with Gasteiger partial charge in [-0.25, -0.2) is 0 Å². The molecule has 2 aliphatic rings. The number of fused-ring (bicyclic) bond motifs is 1. The fourth-order valence-electron chi connectivity index (χ4n) is 3.07. The number of amides is 1. The van der Waals surface area contributed by atoms with Crippen LogP contribution in [0.5, 0.6) is 5.75 Å². The van der Waals surface area contributed by atoms with Gasteiger partial charge >= 0.3 is 0 Å². The number of hydrogen-bond acceptors (Lipinski definition) is 5. The Hall–Kier alpha value is -2.57. The van der Waals surface area contributed by atoms with Crippen molar-refractivity contribution >= 4 is 39.9 Å². The van der Waals surface area contributed by atoms with Crippen molar-refractivity contribution in [2.24, 2.45) is 0 Å². The molecule has 4 rings (SSSR count). The van der Waals surface area contributed by atoms with Gasteiger partial charge in [-0.05, 0) is 30.7 Å². The molecule has 6 heteroatoms. The minimum Gasteiger partial charge on any atom is -0.439 e. The molecular weight excluding hydrogens is 376 g/mol. The quantitative estimate of drug-likeness (QED) is 0.555. The third-order valence-corrected chi connectivity index (χ3v) is 5.78. The van der Waals surface area contributed by atoms with Crippen LogP contribution in [0, 0.1) is 0 Å². The van der Waals surface area contributed by atoms with Crippen LogP contribution in [0.1, 0.15) is 12.5 Å². The zero-order valence-electron chi connectivity index (χ0n) is 14.8. The molecule has 0 saturated carbocycles. The highest BCUT2D eigenvalue weighted by atomic mass is 32.2. The van der Waals surface area contributed by atoms with E-state index in [4.69, 9.17) is 17.0 Å². The van der Waals surface area contributed by atoms with E-state index in [2.05, 4.69) is 11.8 Å². The zero-order valence-corrected chi connectivity index (χ0v) is 16.4. The first-order valence-corrected chi connectivity index (χ1v) is 9.94. The van der Waals surface area contributed by atoms with Crippen molar-refractivity contribution in [1.29, 1.82) is 0 Å². The highest BCUT2D eigenvalue weighted by molar-refractivity contribution is 8.26. The van der Waals surface area contributed by atoms with E-state index in [0.29, 0.717) is 21.7 Å². The van der Waals surface area contributed by atoms with Crippen molar-refractivity contribution in [2.45, 2.75) is 13.5 Å². The van der Waals surface area contributed by atoms with E-state index in [0.717, 1.165) is 23.5 Å². The fraction of sp³-hybridized carbons (Fsp3) is 0.143. The zero-order chi connectivity index (χ0) is 18.8. The van der Waals surface area contributed by atoms with Gasteiger partial charge in [0.2, 0.25) is 5.88 Å². The van der Waals surface area contributed by atoms with Gasteiger partial charge in [-0.1, -0.05) is 66.4 Å². The van der Waals surface area contributed by atoms with Crippen molar-refractivity contribution in [2.75, 3.05) is 11.4 Å². The van der Waals surface area contributed by atoms with Gasteiger partial charge in [0.05, 0.1) is 17.1 Å². The van der Waals surface area contributed by atoms with Gasteiger partial charge in [-0.3, -0.25) is 9.69 Å². The third kappa shape index (κ3) is 3.50. The first-order valence-electron chi connectivity index (χ1n) is 8.71. The molecule has 136 valence electrons. The van der Waals surface area contributed by atoms with Crippen molar-refractivity contribution < 1.29 is 9.53 Å². The number of nitrogens with zero attached hydrogens (tertiary/aromatic N) is 2. The number of rotatable bonds is 4. The topological polar surface area (TPSA) is 32.8 Å². The SMILES string of the molecule is CCN1/C(=C/C=C2/SC(=S)N(Cc3ccccc3)C2=O)Oc2ccccc21. The van der Waals surface area contributed by atoms with Crippen LogP contribution in [0.4, 0.5) is 5.69 Å². The van der Waals surface area contributed by atoms with Gasteiger partial charge in [0, 0.05) is 12.6 Å². The van der Waals surface area contributed by atoms with Crippen LogP contribution in [-0.2, 0) is 11.3 Å². The number of hydrogen-bond donors (Lipinski definition) is 0. The van der Waals surface area contributed by atoms with E-state index < -0.39 is 0 Å². The van der Waals surface area contributed by atoms with Gasteiger partial charge < -0.3 is 9.64 Å². The van der Waals surface area contributed by atoms with Crippen molar-refractivity contribution in [1.82, 2.24) is 4.90 Å². The monoisotopic (exact) mass is 394 g/mol. The summed E-state index contributed by atoms with van der Waals surface area (Å²) in [5, 5.41) is 0. The highest BCUT2D eigenvalue weighted by Gasteiger charge is 2.32. The average Bonchev–Trinajstić information content (AvgIpc) is 3.18. The van der Waals surface area contributed by atoms with Gasteiger partial charge in [0.1, 0.15) is 4.32 Å². The number of allylic oxidation sites excluding steroid dienone is 2. The van der Waals surface area contributed by atoms with Crippen LogP contribution in [0.2, 0.25) is 0 Å². The molecule has 2 aliphatic heterocycles. The maximum atomic E-state index is 12.8. The smallest absolute Gasteiger partial charge is 0.266 e. The minimum absolute atomic E-state index is 0.0655. The lowest BCUT2D eigenvalue weighted by molar-refractivity contribution is -0.122. The van der Waals surface area contributed by atoms with Crippen LogP contribution in [-0.4, -0.2) is 21.7 Å². The molecule has 1 saturated heterocycles. The normalized spacial score (nSPS) is 19.1. The average molecular weight is 395 g/mol. The van der Waals surface area contributed by atoms with Crippen LogP contribution in [0.25, 0.3) is 0 Å². The Kier molecular flexibility index (Phi) is 5.01. The number of thioether (sulfide) groups is 1. The molecule has 0 spiro atoms. The molecule has 27 heavy (non-hydrogen) atoms. The summed E-state index contributed by atoms with van der Waals surface area (Å²) in [6, 6.07) is 17.8. The standard InChI is InChI=1S/C21H18N2O2S2/c1-2-22-16-10-6-7-11-17(16)25-19(22)13-12-18-20(24)23(21(26)27-18)14-15-8-4-3-5-9-15/h3-13H,2,14H2,1H3/b18-12+,19-13-. The molecule has 2 aromatic carbocycles. The summed E-state index contributed by atoms with van der Waals surface area (Å²) in [7, 11) is 0. The molecular formula is C21H18N2O2S2. The summed E-state index contributed by atoms with van der Waals surface area (Å²) in [5.41, 5.74) is 2.09. The minimum atomic E-state index is -0.0655. The molecule has 0 atom stereocenters. The van der Waals surface area contributed by atoms with E-state index in [1.54, 1.807) is 11.0 Å². The van der Waals surface area contributed by atoms with E-state index in [1.807, 2.05) is 60.7 Å². The number of carbonyl (C=O) groups excluding carboxylic acids is 1. The molecule has 1 amide bonds. The third-order valence-electron chi connectivity index (χ3n) is 4.39. The Morgan fingerprint density at radius 2 is 1.78 bits per heavy atom. The van der Waals surface area contributed by atoms with Crippen molar-refractivity contribution in [3.63, 3.8) is 0 Å². The van der Waals surface area contributed by atoms with Gasteiger partial charge in [-0.2, -0.15) is 0 Å². The van der Waals surface area contributed by atoms with Gasteiger partial charge in [-0.15, -0.1) is 0 Å². The molecule has 2 aromatic rings. The molecule has 0 unspecified atom stereocenters. The number of carbonyl (C=O) groups is 1. The number of benzene rings is 2. The molecule has 1 fully saturated rings. The summed E-state index contributed by atoms with van der Waals surface area (Å²) >= 11 is 6.74. The van der Waals surface area contributed by atoms with Crippen LogP contribution in [0.15, 0.2) is 77.5 Å². The van der Waals surface area contributed by atoms with Crippen molar-refractivity contribution in [3.8, 4) is 5.75 Å². The van der Waals surface area contributed by atoms with Crippen LogP contribution >= 0.6 is 24.0 Å². The second kappa shape index (κ2) is 7.58. The Bertz CT molecular complexity index is 954. The Morgan fingerprint density at radius 3 is 2.56 bits per heavy atom. The molecule has 0 N–H and O–H groups in total. The molecule has 0 bridgehead atoms.